The van der Waals surface area contributed by atoms with Crippen molar-refractivity contribution in [2.75, 3.05) is 17.7 Å². The molecule has 0 spiro atoms. The number of ether oxygens (including phenoxy) is 1. The molecule has 0 bridgehead atoms. The average Bonchev–Trinajstić information content (AvgIpc) is 2.53. The highest BCUT2D eigenvalue weighted by atomic mass is 35.5. The molecule has 1 amide bonds. The number of anilines is 1. The van der Waals surface area contributed by atoms with Crippen LogP contribution in [0.1, 0.15) is 32.3 Å². The number of hydrogen-bond acceptors (Lipinski definition) is 5. The number of carbonyl (C=O) groups is 2. The van der Waals surface area contributed by atoms with Gasteiger partial charge in [0.1, 0.15) is 6.04 Å². The first-order valence-electron chi connectivity index (χ1n) is 7.87. The molecule has 0 heterocycles. The number of rotatable bonds is 9. The highest BCUT2D eigenvalue weighted by Crippen LogP contribution is 2.19. The van der Waals surface area contributed by atoms with Crippen LogP contribution in [0.25, 0.3) is 0 Å². The number of aryl methyl sites for hydroxylation is 1. The molecule has 0 aromatic heterocycles. The minimum Gasteiger partial charge on any atom is -0.454 e. The lowest BCUT2D eigenvalue weighted by Gasteiger charge is -2.14. The second-order valence-corrected chi connectivity index (χ2v) is 7.94. The van der Waals surface area contributed by atoms with E-state index in [1.807, 2.05) is 6.92 Å². The largest absolute Gasteiger partial charge is 0.454 e. The Kier molecular flexibility index (Phi) is 8.34. The van der Waals surface area contributed by atoms with Crippen molar-refractivity contribution in [2.45, 2.75) is 39.7 Å². The third-order valence-corrected chi connectivity index (χ3v) is 5.07. The third kappa shape index (κ3) is 7.85. The fourth-order valence-electron chi connectivity index (χ4n) is 1.89. The number of halogens is 1. The molecule has 0 saturated carbocycles. The Bertz CT molecular complexity index is 721. The van der Waals surface area contributed by atoms with Crippen LogP contribution in [0, 0.1) is 6.92 Å². The molecule has 0 aliphatic carbocycles. The lowest BCUT2D eigenvalue weighted by Crippen LogP contribution is -2.41. The highest BCUT2D eigenvalue weighted by molar-refractivity contribution is 7.89. The molecule has 7 nitrogen and oxygen atoms in total. The van der Waals surface area contributed by atoms with Crippen LogP contribution < -0.4 is 10.0 Å². The van der Waals surface area contributed by atoms with Crippen LogP contribution in [0.5, 0.6) is 0 Å². The minimum absolute atomic E-state index is 0.0599. The summed E-state index contributed by atoms with van der Waals surface area (Å²) >= 11 is 5.87. The molecule has 0 unspecified atom stereocenters. The fraction of sp³-hybridized carbons (Fsp3) is 0.500. The second-order valence-electron chi connectivity index (χ2n) is 5.63. The number of unbranched alkanes of at least 4 members (excludes halogenated alkanes) is 1. The van der Waals surface area contributed by atoms with Crippen LogP contribution in [0.15, 0.2) is 18.2 Å². The molecule has 9 heteroatoms. The lowest BCUT2D eigenvalue weighted by molar-refractivity contribution is -0.148. The van der Waals surface area contributed by atoms with E-state index in [2.05, 4.69) is 10.0 Å². The van der Waals surface area contributed by atoms with E-state index >= 15 is 0 Å². The van der Waals surface area contributed by atoms with Crippen LogP contribution in [-0.4, -0.2) is 38.7 Å². The van der Waals surface area contributed by atoms with Crippen molar-refractivity contribution in [1.29, 1.82) is 0 Å². The highest BCUT2D eigenvalue weighted by Gasteiger charge is 2.21. The summed E-state index contributed by atoms with van der Waals surface area (Å²) in [6, 6.07) is 3.96. The molecule has 1 rings (SSSR count). The van der Waals surface area contributed by atoms with Gasteiger partial charge in [0.15, 0.2) is 6.61 Å². The zero-order valence-electron chi connectivity index (χ0n) is 14.5. The Morgan fingerprint density at radius 1 is 1.32 bits per heavy atom. The van der Waals surface area contributed by atoms with E-state index in [0.717, 1.165) is 12.0 Å². The van der Waals surface area contributed by atoms with Gasteiger partial charge in [-0.3, -0.25) is 9.59 Å². The van der Waals surface area contributed by atoms with Crippen LogP contribution in [0.2, 0.25) is 5.02 Å². The van der Waals surface area contributed by atoms with Crippen molar-refractivity contribution >= 4 is 39.2 Å². The normalized spacial score (nSPS) is 12.5. The SMILES string of the molecule is CCCCS(=O)(=O)N[C@@H](C)C(=O)OCC(=O)Nc1cc(Cl)ccc1C. The van der Waals surface area contributed by atoms with Gasteiger partial charge >= 0.3 is 5.97 Å². The summed E-state index contributed by atoms with van der Waals surface area (Å²) in [4.78, 5) is 23.7. The summed E-state index contributed by atoms with van der Waals surface area (Å²) < 4.78 is 30.6. The molecule has 0 fully saturated rings. The Balaban J connectivity index is 2.49. The number of benzene rings is 1. The molecule has 0 aliphatic heterocycles. The summed E-state index contributed by atoms with van der Waals surface area (Å²) in [5, 5.41) is 3.05. The first-order valence-corrected chi connectivity index (χ1v) is 9.90. The summed E-state index contributed by atoms with van der Waals surface area (Å²) in [7, 11) is -3.55. The summed E-state index contributed by atoms with van der Waals surface area (Å²) in [6.07, 6.45) is 1.22. The quantitative estimate of drug-likeness (QED) is 0.629. The maximum atomic E-state index is 11.9. The van der Waals surface area contributed by atoms with Gasteiger partial charge in [-0.15, -0.1) is 0 Å². The van der Waals surface area contributed by atoms with E-state index in [4.69, 9.17) is 16.3 Å². The Morgan fingerprint density at radius 2 is 2.00 bits per heavy atom. The molecule has 0 saturated heterocycles. The molecule has 140 valence electrons. The Morgan fingerprint density at radius 3 is 2.64 bits per heavy atom. The molecule has 25 heavy (non-hydrogen) atoms. The molecule has 0 radical (unpaired) electrons. The van der Waals surface area contributed by atoms with Crippen molar-refractivity contribution in [3.63, 3.8) is 0 Å². The molecule has 2 N–H and O–H groups in total. The van der Waals surface area contributed by atoms with E-state index in [-0.39, 0.29) is 5.75 Å². The number of esters is 1. The lowest BCUT2D eigenvalue weighted by atomic mass is 10.2. The van der Waals surface area contributed by atoms with Gasteiger partial charge in [0, 0.05) is 10.7 Å². The maximum Gasteiger partial charge on any atom is 0.324 e. The smallest absolute Gasteiger partial charge is 0.324 e. The Hall–Kier alpha value is -1.64. The predicted octanol–water partition coefficient (Wildman–Crippen LogP) is 2.24. The first-order chi connectivity index (χ1) is 11.6. The van der Waals surface area contributed by atoms with Gasteiger partial charge in [-0.25, -0.2) is 13.1 Å². The molecule has 0 aliphatic rings. The predicted molar refractivity (Wildman–Crippen MR) is 97.1 cm³/mol. The van der Waals surface area contributed by atoms with Gasteiger partial charge in [-0.2, -0.15) is 0 Å². The van der Waals surface area contributed by atoms with E-state index in [1.165, 1.54) is 6.92 Å². The van der Waals surface area contributed by atoms with E-state index in [0.29, 0.717) is 17.1 Å². The zero-order valence-corrected chi connectivity index (χ0v) is 16.0. The summed E-state index contributed by atoms with van der Waals surface area (Å²) in [5.74, 6) is -1.42. The first kappa shape index (κ1) is 21.4. The Labute approximate surface area is 153 Å². The minimum atomic E-state index is -3.55. The number of amides is 1. The topological polar surface area (TPSA) is 102 Å². The van der Waals surface area contributed by atoms with Gasteiger partial charge in [0.2, 0.25) is 10.0 Å². The van der Waals surface area contributed by atoms with Crippen molar-refractivity contribution in [1.82, 2.24) is 4.72 Å². The van der Waals surface area contributed by atoms with Crippen molar-refractivity contribution < 1.29 is 22.7 Å². The van der Waals surface area contributed by atoms with Crippen LogP contribution in [0.3, 0.4) is 0 Å². The molecular weight excluding hydrogens is 368 g/mol. The van der Waals surface area contributed by atoms with E-state index in [1.54, 1.807) is 25.1 Å². The van der Waals surface area contributed by atoms with Crippen molar-refractivity contribution in [3.8, 4) is 0 Å². The monoisotopic (exact) mass is 390 g/mol. The molecule has 1 aromatic rings. The number of sulfonamides is 1. The van der Waals surface area contributed by atoms with Crippen molar-refractivity contribution in [2.24, 2.45) is 0 Å². The maximum absolute atomic E-state index is 11.9. The molecule has 1 aromatic carbocycles. The van der Waals surface area contributed by atoms with Gasteiger partial charge in [0.25, 0.3) is 5.91 Å². The van der Waals surface area contributed by atoms with Gasteiger partial charge in [-0.05, 0) is 38.0 Å². The third-order valence-electron chi connectivity index (χ3n) is 3.30. The fourth-order valence-corrected chi connectivity index (χ4v) is 3.48. The molecule has 1 atom stereocenters. The van der Waals surface area contributed by atoms with Crippen molar-refractivity contribution in [3.05, 3.63) is 28.8 Å². The zero-order chi connectivity index (χ0) is 19.0. The summed E-state index contributed by atoms with van der Waals surface area (Å²) in [6.45, 7) is 4.51. The second kappa shape index (κ2) is 9.74. The number of carbonyl (C=O) groups excluding carboxylic acids is 2. The molecular formula is C16H23ClN2O5S. The summed E-state index contributed by atoms with van der Waals surface area (Å²) in [5.41, 5.74) is 1.32. The van der Waals surface area contributed by atoms with E-state index in [9.17, 15) is 18.0 Å². The van der Waals surface area contributed by atoms with Gasteiger partial charge in [-0.1, -0.05) is 31.0 Å². The standard InChI is InChI=1S/C16H23ClN2O5S/c1-4-5-8-25(22,23)19-12(3)16(21)24-10-15(20)18-14-9-13(17)7-6-11(14)2/h6-7,9,12,19H,4-5,8,10H2,1-3H3,(H,18,20)/t12-/m0/s1. The number of hydrogen-bond donors (Lipinski definition) is 2. The van der Waals surface area contributed by atoms with Crippen LogP contribution >= 0.6 is 11.6 Å². The number of nitrogens with one attached hydrogen (secondary N) is 2. The van der Waals surface area contributed by atoms with Gasteiger partial charge < -0.3 is 10.1 Å². The van der Waals surface area contributed by atoms with Crippen LogP contribution in [0.4, 0.5) is 5.69 Å². The van der Waals surface area contributed by atoms with Gasteiger partial charge in [0.05, 0.1) is 5.75 Å². The van der Waals surface area contributed by atoms with E-state index < -0.39 is 34.5 Å². The average molecular weight is 391 g/mol. The van der Waals surface area contributed by atoms with Crippen LogP contribution in [-0.2, 0) is 24.3 Å².